The van der Waals surface area contributed by atoms with Gasteiger partial charge in [0.15, 0.2) is 11.6 Å². The van der Waals surface area contributed by atoms with Crippen molar-refractivity contribution in [3.8, 4) is 16.9 Å². The average Bonchev–Trinajstić information content (AvgIpc) is 2.38. The van der Waals surface area contributed by atoms with Crippen molar-refractivity contribution in [3.05, 3.63) is 52.8 Å². The molecule has 0 saturated heterocycles. The lowest BCUT2D eigenvalue weighted by Gasteiger charge is -2.10. The van der Waals surface area contributed by atoms with Gasteiger partial charge in [-0.1, -0.05) is 23.7 Å². The number of rotatable bonds is 3. The number of hydrogen-bond donors (Lipinski definition) is 1. The molecule has 0 unspecified atom stereocenters. The summed E-state index contributed by atoms with van der Waals surface area (Å²) in [6.07, 6.45) is 0. The van der Waals surface area contributed by atoms with E-state index in [9.17, 15) is 9.18 Å². The van der Waals surface area contributed by atoms with Gasteiger partial charge in [0.05, 0.1) is 12.7 Å². The molecule has 0 bridgehead atoms. The Morgan fingerprint density at radius 2 is 2.00 bits per heavy atom. The summed E-state index contributed by atoms with van der Waals surface area (Å²) in [7, 11) is 1.35. The molecule has 98 valence electrons. The fourth-order valence-corrected chi connectivity index (χ4v) is 1.97. The molecule has 5 heteroatoms. The second kappa shape index (κ2) is 5.28. The molecular weight excluding hydrogens is 271 g/mol. The second-order valence-electron chi connectivity index (χ2n) is 3.82. The van der Waals surface area contributed by atoms with Gasteiger partial charge < -0.3 is 9.84 Å². The Kier molecular flexibility index (Phi) is 3.71. The molecule has 0 amide bonds. The standard InChI is InChI=1S/C14H10ClFO3/c1-19-12-4-2-3-9(13(12)16)11-7-8(15)5-6-10(11)14(17)18/h2-7H,1H3,(H,17,18). The Morgan fingerprint density at radius 3 is 2.63 bits per heavy atom. The minimum atomic E-state index is -1.14. The van der Waals surface area contributed by atoms with Crippen LogP contribution < -0.4 is 4.74 Å². The fourth-order valence-electron chi connectivity index (χ4n) is 1.80. The van der Waals surface area contributed by atoms with Gasteiger partial charge in [-0.25, -0.2) is 9.18 Å². The van der Waals surface area contributed by atoms with E-state index in [2.05, 4.69) is 0 Å². The van der Waals surface area contributed by atoms with E-state index in [0.717, 1.165) is 0 Å². The Labute approximate surface area is 114 Å². The van der Waals surface area contributed by atoms with Crippen LogP contribution in [0.5, 0.6) is 5.75 Å². The third kappa shape index (κ3) is 2.53. The highest BCUT2D eigenvalue weighted by atomic mass is 35.5. The van der Waals surface area contributed by atoms with Crippen LogP contribution in [0.4, 0.5) is 4.39 Å². The summed E-state index contributed by atoms with van der Waals surface area (Å²) in [4.78, 5) is 11.2. The first kappa shape index (κ1) is 13.4. The number of carboxylic acids is 1. The lowest BCUT2D eigenvalue weighted by Crippen LogP contribution is -2.01. The monoisotopic (exact) mass is 280 g/mol. The van der Waals surface area contributed by atoms with Gasteiger partial charge in [0.25, 0.3) is 0 Å². The van der Waals surface area contributed by atoms with Gasteiger partial charge in [-0.2, -0.15) is 0 Å². The van der Waals surface area contributed by atoms with Gasteiger partial charge in [-0.3, -0.25) is 0 Å². The summed E-state index contributed by atoms with van der Waals surface area (Å²) in [6, 6.07) is 8.75. The van der Waals surface area contributed by atoms with Crippen molar-refractivity contribution < 1.29 is 19.0 Å². The highest BCUT2D eigenvalue weighted by molar-refractivity contribution is 6.31. The molecule has 19 heavy (non-hydrogen) atoms. The molecule has 0 aliphatic rings. The van der Waals surface area contributed by atoms with E-state index in [1.165, 1.54) is 37.4 Å². The fraction of sp³-hybridized carbons (Fsp3) is 0.0714. The third-order valence-corrected chi connectivity index (χ3v) is 2.92. The number of halogens is 2. The SMILES string of the molecule is COc1cccc(-c2cc(Cl)ccc2C(=O)O)c1F. The molecule has 0 radical (unpaired) electrons. The number of carboxylic acid groups (broad SMARTS) is 1. The van der Waals surface area contributed by atoms with Crippen molar-refractivity contribution in [2.45, 2.75) is 0 Å². The highest BCUT2D eigenvalue weighted by Crippen LogP contribution is 2.32. The molecule has 2 rings (SSSR count). The maximum atomic E-state index is 14.2. The van der Waals surface area contributed by atoms with E-state index in [1.807, 2.05) is 0 Å². The topological polar surface area (TPSA) is 46.5 Å². The summed E-state index contributed by atoms with van der Waals surface area (Å²) >= 11 is 5.85. The lowest BCUT2D eigenvalue weighted by molar-refractivity contribution is 0.0697. The number of ether oxygens (including phenoxy) is 1. The van der Waals surface area contributed by atoms with Crippen LogP contribution in [0.15, 0.2) is 36.4 Å². The first-order valence-electron chi connectivity index (χ1n) is 5.40. The van der Waals surface area contributed by atoms with Crippen molar-refractivity contribution in [2.75, 3.05) is 7.11 Å². The quantitative estimate of drug-likeness (QED) is 0.929. The summed E-state index contributed by atoms with van der Waals surface area (Å²) < 4.78 is 19.1. The van der Waals surface area contributed by atoms with E-state index >= 15 is 0 Å². The van der Waals surface area contributed by atoms with E-state index < -0.39 is 11.8 Å². The Bertz CT molecular complexity index is 641. The molecule has 2 aromatic rings. The first-order chi connectivity index (χ1) is 9.04. The Morgan fingerprint density at radius 1 is 1.26 bits per heavy atom. The van der Waals surface area contributed by atoms with Crippen molar-refractivity contribution in [1.29, 1.82) is 0 Å². The van der Waals surface area contributed by atoms with Crippen molar-refractivity contribution in [3.63, 3.8) is 0 Å². The summed E-state index contributed by atoms with van der Waals surface area (Å²) in [5.74, 6) is -1.71. The minimum Gasteiger partial charge on any atom is -0.494 e. The number of methoxy groups -OCH3 is 1. The molecule has 0 saturated carbocycles. The van der Waals surface area contributed by atoms with Crippen LogP contribution in [-0.2, 0) is 0 Å². The molecule has 0 fully saturated rings. The third-order valence-electron chi connectivity index (χ3n) is 2.69. The van der Waals surface area contributed by atoms with Crippen LogP contribution in [-0.4, -0.2) is 18.2 Å². The van der Waals surface area contributed by atoms with Gasteiger partial charge in [0, 0.05) is 16.1 Å². The van der Waals surface area contributed by atoms with Crippen LogP contribution >= 0.6 is 11.6 Å². The molecule has 0 spiro atoms. The van der Waals surface area contributed by atoms with Crippen LogP contribution in [0.3, 0.4) is 0 Å². The maximum absolute atomic E-state index is 14.2. The summed E-state index contributed by atoms with van der Waals surface area (Å²) in [6.45, 7) is 0. The zero-order valence-electron chi connectivity index (χ0n) is 9.98. The number of benzene rings is 2. The Balaban J connectivity index is 2.71. The molecule has 1 N–H and O–H groups in total. The zero-order valence-corrected chi connectivity index (χ0v) is 10.7. The molecule has 0 atom stereocenters. The number of aromatic carboxylic acids is 1. The van der Waals surface area contributed by atoms with Gasteiger partial charge >= 0.3 is 5.97 Å². The van der Waals surface area contributed by atoms with Gasteiger partial charge in [0.1, 0.15) is 0 Å². The molecule has 2 aromatic carbocycles. The van der Waals surface area contributed by atoms with E-state index in [0.29, 0.717) is 5.02 Å². The van der Waals surface area contributed by atoms with Gasteiger partial charge in [-0.15, -0.1) is 0 Å². The van der Waals surface area contributed by atoms with Crippen LogP contribution in [0.1, 0.15) is 10.4 Å². The van der Waals surface area contributed by atoms with E-state index in [4.69, 9.17) is 21.4 Å². The van der Waals surface area contributed by atoms with E-state index in [-0.39, 0.29) is 22.4 Å². The molecule has 0 aliphatic heterocycles. The number of hydrogen-bond acceptors (Lipinski definition) is 2. The Hall–Kier alpha value is -2.07. The smallest absolute Gasteiger partial charge is 0.336 e. The number of carbonyl (C=O) groups is 1. The summed E-state index contributed by atoms with van der Waals surface area (Å²) in [5, 5.41) is 9.47. The van der Waals surface area contributed by atoms with Gasteiger partial charge in [-0.05, 0) is 24.3 Å². The van der Waals surface area contributed by atoms with Crippen LogP contribution in [0.2, 0.25) is 5.02 Å². The second-order valence-corrected chi connectivity index (χ2v) is 4.25. The minimum absolute atomic E-state index is 0.0171. The van der Waals surface area contributed by atoms with E-state index in [1.54, 1.807) is 6.07 Å². The maximum Gasteiger partial charge on any atom is 0.336 e. The molecular formula is C14H10ClFO3. The summed E-state index contributed by atoms with van der Waals surface area (Å²) in [5.41, 5.74) is 0.340. The van der Waals surface area contributed by atoms with Crippen LogP contribution in [0.25, 0.3) is 11.1 Å². The lowest BCUT2D eigenvalue weighted by atomic mass is 9.99. The van der Waals surface area contributed by atoms with Gasteiger partial charge in [0.2, 0.25) is 0 Å². The zero-order chi connectivity index (χ0) is 14.0. The average molecular weight is 281 g/mol. The largest absolute Gasteiger partial charge is 0.494 e. The predicted molar refractivity (Wildman–Crippen MR) is 70.4 cm³/mol. The molecule has 0 aromatic heterocycles. The van der Waals surface area contributed by atoms with Crippen molar-refractivity contribution >= 4 is 17.6 Å². The normalized spacial score (nSPS) is 10.3. The van der Waals surface area contributed by atoms with Crippen molar-refractivity contribution in [2.24, 2.45) is 0 Å². The van der Waals surface area contributed by atoms with Crippen LogP contribution in [0, 0.1) is 5.82 Å². The molecule has 0 aliphatic carbocycles. The molecule has 0 heterocycles. The first-order valence-corrected chi connectivity index (χ1v) is 5.78. The highest BCUT2D eigenvalue weighted by Gasteiger charge is 2.17. The van der Waals surface area contributed by atoms with Crippen molar-refractivity contribution in [1.82, 2.24) is 0 Å². The molecule has 3 nitrogen and oxygen atoms in total. The predicted octanol–water partition coefficient (Wildman–Crippen LogP) is 3.85.